The van der Waals surface area contributed by atoms with E-state index in [9.17, 15) is 0 Å². The van der Waals surface area contributed by atoms with Gasteiger partial charge in [-0.3, -0.25) is 0 Å². The third-order valence-electron chi connectivity index (χ3n) is 0. The van der Waals surface area contributed by atoms with Gasteiger partial charge in [-0.25, -0.2) is 0 Å². The van der Waals surface area contributed by atoms with Crippen LogP contribution >= 0.6 is 0 Å². The molecular formula is CHNaO4-2. The van der Waals surface area contributed by atoms with Gasteiger partial charge in [-0.2, -0.15) is 0 Å². The summed E-state index contributed by atoms with van der Waals surface area (Å²) in [6.07, 6.45) is -2.08. The van der Waals surface area contributed by atoms with Crippen molar-refractivity contribution in [3.63, 3.8) is 0 Å². The van der Waals surface area contributed by atoms with E-state index < -0.39 is 6.16 Å². The van der Waals surface area contributed by atoms with Crippen LogP contribution in [-0.4, -0.2) is 11.3 Å². The van der Waals surface area contributed by atoms with Gasteiger partial charge in [-0.15, -0.1) is 0 Å². The van der Waals surface area contributed by atoms with Crippen molar-refractivity contribution in [2.75, 3.05) is 0 Å². The molecule has 0 radical (unpaired) electrons. The Labute approximate surface area is 56.4 Å². The van der Waals surface area contributed by atoms with E-state index in [1.54, 1.807) is 0 Å². The molecule has 0 aliphatic rings. The van der Waals surface area contributed by atoms with Crippen LogP contribution in [-0.2, 0) is 5.48 Å². The van der Waals surface area contributed by atoms with Gasteiger partial charge in [-0.05, 0) is 0 Å². The van der Waals surface area contributed by atoms with E-state index in [0.717, 1.165) is 0 Å². The Hall–Kier alpha value is 0.230. The topological polar surface area (TPSA) is 88.9 Å². The van der Waals surface area contributed by atoms with Crippen LogP contribution in [0.2, 0.25) is 0 Å². The first kappa shape index (κ1) is 16.3. The summed E-state index contributed by atoms with van der Waals surface area (Å²) in [5, 5.41) is 15.3. The Bertz CT molecular complexity index is 30.5. The van der Waals surface area contributed by atoms with Gasteiger partial charge in [0.2, 0.25) is 6.16 Å². The Morgan fingerprint density at radius 2 is 1.67 bits per heavy atom. The average Bonchev–Trinajstić information content (AvgIpc) is 0.811. The standard InChI is InChI=1S/CH2O3.Na.O/c2-1(3)4;;/h(H2,2,3,4);;/q;+1;-2/p-1. The molecule has 0 aromatic heterocycles. The van der Waals surface area contributed by atoms with E-state index in [4.69, 9.17) is 15.0 Å². The SMILES string of the molecule is O=C([O-])O.[Na+].[O-2]. The van der Waals surface area contributed by atoms with Crippen molar-refractivity contribution in [3.05, 3.63) is 0 Å². The molecule has 0 spiro atoms. The smallest absolute Gasteiger partial charge is 1.00 e. The van der Waals surface area contributed by atoms with E-state index in [0.29, 0.717) is 0 Å². The fourth-order valence-corrected chi connectivity index (χ4v) is 0. The molecule has 0 heterocycles. The molecular weight excluding hydrogens is 99.0 g/mol. The monoisotopic (exact) mass is 100.0 g/mol. The van der Waals surface area contributed by atoms with E-state index in [-0.39, 0.29) is 35.0 Å². The van der Waals surface area contributed by atoms with Gasteiger partial charge in [-0.1, -0.05) is 0 Å². The van der Waals surface area contributed by atoms with Crippen molar-refractivity contribution in [1.29, 1.82) is 0 Å². The minimum atomic E-state index is -2.08. The van der Waals surface area contributed by atoms with Crippen molar-refractivity contribution >= 4 is 6.16 Å². The zero-order valence-electron chi connectivity index (χ0n) is 3.17. The minimum absolute atomic E-state index is 0. The van der Waals surface area contributed by atoms with Gasteiger partial charge < -0.3 is 20.5 Å². The average molecular weight is 100 g/mol. The van der Waals surface area contributed by atoms with Crippen LogP contribution in [0.5, 0.6) is 0 Å². The van der Waals surface area contributed by atoms with Crippen molar-refractivity contribution in [2.24, 2.45) is 0 Å². The zero-order chi connectivity index (χ0) is 3.58. The van der Waals surface area contributed by atoms with Gasteiger partial charge in [0.25, 0.3) is 0 Å². The predicted molar refractivity (Wildman–Crippen MR) is 8.71 cm³/mol. The molecule has 0 unspecified atom stereocenters. The molecule has 0 aliphatic heterocycles. The number of carboxylic acid groups (broad SMARTS) is 2. The largest absolute Gasteiger partial charge is 2.00 e. The van der Waals surface area contributed by atoms with Crippen molar-refractivity contribution in [3.8, 4) is 0 Å². The second kappa shape index (κ2) is 8.97. The first-order valence-corrected chi connectivity index (χ1v) is 0.632. The molecule has 0 saturated carbocycles. The third kappa shape index (κ3) is 834. The molecule has 0 rings (SSSR count). The maximum Gasteiger partial charge on any atom is 1.00 e. The molecule has 1 N–H and O–H groups in total. The van der Waals surface area contributed by atoms with Crippen LogP contribution in [0.25, 0.3) is 0 Å². The third-order valence-corrected chi connectivity index (χ3v) is 0. The van der Waals surface area contributed by atoms with Crippen LogP contribution in [0.3, 0.4) is 0 Å². The summed E-state index contributed by atoms with van der Waals surface area (Å²) in [6, 6.07) is 0. The summed E-state index contributed by atoms with van der Waals surface area (Å²) in [6.45, 7) is 0. The summed E-state index contributed by atoms with van der Waals surface area (Å²) in [4.78, 5) is 8.44. The predicted octanol–water partition coefficient (Wildman–Crippen LogP) is -4.23. The Morgan fingerprint density at radius 1 is 1.67 bits per heavy atom. The molecule has 6 heavy (non-hydrogen) atoms. The molecule has 0 aliphatic carbocycles. The summed E-state index contributed by atoms with van der Waals surface area (Å²) in [7, 11) is 0. The fraction of sp³-hybridized carbons (Fsp3) is 0. The molecule has 32 valence electrons. The first-order valence-electron chi connectivity index (χ1n) is 0.632. The Kier molecular flexibility index (Phi) is 24.4. The second-order valence-corrected chi connectivity index (χ2v) is 0.266. The molecule has 0 saturated heterocycles. The minimum Gasteiger partial charge on any atom is -2.00 e. The Balaban J connectivity index is -0.0000000450. The van der Waals surface area contributed by atoms with E-state index in [1.807, 2.05) is 0 Å². The molecule has 0 aromatic rings. The van der Waals surface area contributed by atoms with Crippen LogP contribution < -0.4 is 34.7 Å². The number of carbonyl (C=O) groups is 1. The second-order valence-electron chi connectivity index (χ2n) is 0.266. The fourth-order valence-electron chi connectivity index (χ4n) is 0. The molecule has 0 amide bonds. The van der Waals surface area contributed by atoms with Crippen molar-refractivity contribution in [2.45, 2.75) is 0 Å². The zero-order valence-corrected chi connectivity index (χ0v) is 5.17. The van der Waals surface area contributed by atoms with Gasteiger partial charge in [0.05, 0.1) is 0 Å². The summed E-state index contributed by atoms with van der Waals surface area (Å²) in [5.41, 5.74) is 0. The number of hydrogen-bond acceptors (Lipinski definition) is 2. The van der Waals surface area contributed by atoms with E-state index in [2.05, 4.69) is 0 Å². The van der Waals surface area contributed by atoms with Gasteiger partial charge in [0, 0.05) is 0 Å². The maximum absolute atomic E-state index is 8.44. The van der Waals surface area contributed by atoms with Crippen molar-refractivity contribution in [1.82, 2.24) is 0 Å². The van der Waals surface area contributed by atoms with Crippen LogP contribution in [0.1, 0.15) is 0 Å². The van der Waals surface area contributed by atoms with Crippen molar-refractivity contribution < 1.29 is 50.0 Å². The molecule has 4 nitrogen and oxygen atoms in total. The Morgan fingerprint density at radius 3 is 1.67 bits per heavy atom. The van der Waals surface area contributed by atoms with E-state index >= 15 is 0 Å². The number of hydrogen-bond donors (Lipinski definition) is 1. The van der Waals surface area contributed by atoms with E-state index in [1.165, 1.54) is 0 Å². The summed E-state index contributed by atoms with van der Waals surface area (Å²) >= 11 is 0. The summed E-state index contributed by atoms with van der Waals surface area (Å²) in [5.74, 6) is 0. The summed E-state index contributed by atoms with van der Waals surface area (Å²) < 4.78 is 0. The van der Waals surface area contributed by atoms with Crippen LogP contribution in [0.15, 0.2) is 0 Å². The van der Waals surface area contributed by atoms with Gasteiger partial charge in [0.1, 0.15) is 0 Å². The normalized spacial score (nSPS) is 4.00. The number of rotatable bonds is 0. The quantitative estimate of drug-likeness (QED) is 0.313. The maximum atomic E-state index is 8.44. The molecule has 0 atom stereocenters. The molecule has 0 fully saturated rings. The molecule has 0 bridgehead atoms. The van der Waals surface area contributed by atoms with Crippen LogP contribution in [0.4, 0.5) is 4.79 Å². The molecule has 0 aromatic carbocycles. The van der Waals surface area contributed by atoms with Gasteiger partial charge in [0.15, 0.2) is 0 Å². The van der Waals surface area contributed by atoms with Gasteiger partial charge >= 0.3 is 29.6 Å². The molecule has 5 heteroatoms. The van der Waals surface area contributed by atoms with Crippen LogP contribution in [0, 0.1) is 0 Å². The first-order chi connectivity index (χ1) is 1.73.